The SMILES string of the molecule is N#Cc1cc(F)c(NCCC2=CCOCC2)c(F)c1. The Morgan fingerprint density at radius 2 is 2.05 bits per heavy atom. The average Bonchev–Trinajstić information content (AvgIpc) is 2.42. The second kappa shape index (κ2) is 6.30. The van der Waals surface area contributed by atoms with E-state index >= 15 is 0 Å². The zero-order valence-corrected chi connectivity index (χ0v) is 10.4. The topological polar surface area (TPSA) is 45.0 Å². The minimum atomic E-state index is -0.738. The Kier molecular flexibility index (Phi) is 4.48. The molecule has 0 amide bonds. The number of rotatable bonds is 4. The Balaban J connectivity index is 1.96. The van der Waals surface area contributed by atoms with Crippen LogP contribution in [0.3, 0.4) is 0 Å². The molecule has 1 aromatic carbocycles. The molecule has 0 atom stereocenters. The third-order valence-electron chi connectivity index (χ3n) is 2.98. The van der Waals surface area contributed by atoms with Gasteiger partial charge in [0.25, 0.3) is 0 Å². The van der Waals surface area contributed by atoms with E-state index in [1.807, 2.05) is 6.08 Å². The van der Waals surface area contributed by atoms with Gasteiger partial charge < -0.3 is 10.1 Å². The molecule has 0 aromatic heterocycles. The third-order valence-corrected chi connectivity index (χ3v) is 2.98. The van der Waals surface area contributed by atoms with Crippen LogP contribution in [0.4, 0.5) is 14.5 Å². The molecule has 2 rings (SSSR count). The van der Waals surface area contributed by atoms with Gasteiger partial charge in [0.05, 0.1) is 24.8 Å². The van der Waals surface area contributed by atoms with Crippen LogP contribution >= 0.6 is 0 Å². The molecule has 0 spiro atoms. The van der Waals surface area contributed by atoms with E-state index in [9.17, 15) is 8.78 Å². The van der Waals surface area contributed by atoms with Crippen LogP contribution in [-0.4, -0.2) is 19.8 Å². The summed E-state index contributed by atoms with van der Waals surface area (Å²) in [7, 11) is 0. The molecule has 1 N–H and O–H groups in total. The standard InChI is InChI=1S/C14H14F2N2O/c15-12-7-11(9-17)8-13(16)14(12)18-4-1-10-2-5-19-6-3-10/h2,7-8,18H,1,3-6H2. The summed E-state index contributed by atoms with van der Waals surface area (Å²) in [6, 6.07) is 3.77. The first-order valence-electron chi connectivity index (χ1n) is 6.09. The van der Waals surface area contributed by atoms with Crippen LogP contribution in [0, 0.1) is 23.0 Å². The molecule has 0 aliphatic carbocycles. The summed E-state index contributed by atoms with van der Waals surface area (Å²) in [5, 5.41) is 11.3. The Morgan fingerprint density at radius 1 is 1.32 bits per heavy atom. The second-order valence-corrected chi connectivity index (χ2v) is 4.29. The van der Waals surface area contributed by atoms with Gasteiger partial charge in [0.15, 0.2) is 11.6 Å². The van der Waals surface area contributed by atoms with E-state index in [0.717, 1.165) is 25.0 Å². The number of benzene rings is 1. The maximum absolute atomic E-state index is 13.6. The van der Waals surface area contributed by atoms with Crippen LogP contribution in [0.15, 0.2) is 23.8 Å². The quantitative estimate of drug-likeness (QED) is 0.850. The lowest BCUT2D eigenvalue weighted by Gasteiger charge is -2.14. The number of nitriles is 1. The highest BCUT2D eigenvalue weighted by atomic mass is 19.1. The number of anilines is 1. The van der Waals surface area contributed by atoms with Crippen molar-refractivity contribution in [1.29, 1.82) is 5.26 Å². The zero-order chi connectivity index (χ0) is 13.7. The van der Waals surface area contributed by atoms with Crippen LogP contribution in [0.5, 0.6) is 0 Å². The number of nitrogens with zero attached hydrogens (tertiary/aromatic N) is 1. The largest absolute Gasteiger partial charge is 0.380 e. The first-order chi connectivity index (χ1) is 9.20. The molecular weight excluding hydrogens is 250 g/mol. The van der Waals surface area contributed by atoms with Crippen molar-refractivity contribution >= 4 is 5.69 Å². The average molecular weight is 264 g/mol. The lowest BCUT2D eigenvalue weighted by molar-refractivity contribution is 0.153. The summed E-state index contributed by atoms with van der Waals surface area (Å²) >= 11 is 0. The van der Waals surface area contributed by atoms with Crippen LogP contribution in [0.2, 0.25) is 0 Å². The van der Waals surface area contributed by atoms with Gasteiger partial charge in [0, 0.05) is 6.54 Å². The van der Waals surface area contributed by atoms with E-state index in [2.05, 4.69) is 5.32 Å². The van der Waals surface area contributed by atoms with Crippen molar-refractivity contribution in [3.8, 4) is 6.07 Å². The first kappa shape index (κ1) is 13.5. The highest BCUT2D eigenvalue weighted by molar-refractivity contribution is 5.50. The van der Waals surface area contributed by atoms with Gasteiger partial charge in [0.2, 0.25) is 0 Å². The molecule has 3 nitrogen and oxygen atoms in total. The second-order valence-electron chi connectivity index (χ2n) is 4.29. The maximum atomic E-state index is 13.6. The summed E-state index contributed by atoms with van der Waals surface area (Å²) in [5.41, 5.74) is 1.03. The summed E-state index contributed by atoms with van der Waals surface area (Å²) in [6.45, 7) is 1.76. The van der Waals surface area contributed by atoms with E-state index in [-0.39, 0.29) is 11.3 Å². The van der Waals surface area contributed by atoms with Crippen LogP contribution in [0.25, 0.3) is 0 Å². The lowest BCUT2D eigenvalue weighted by atomic mass is 10.1. The summed E-state index contributed by atoms with van der Waals surface area (Å²) in [4.78, 5) is 0. The fourth-order valence-electron chi connectivity index (χ4n) is 1.95. The van der Waals surface area contributed by atoms with Gasteiger partial charge in [-0.2, -0.15) is 5.26 Å². The Hall–Kier alpha value is -1.93. The molecular formula is C14H14F2N2O. The highest BCUT2D eigenvalue weighted by Gasteiger charge is 2.11. The van der Waals surface area contributed by atoms with E-state index in [4.69, 9.17) is 10.00 Å². The fourth-order valence-corrected chi connectivity index (χ4v) is 1.95. The number of ether oxygens (including phenoxy) is 1. The first-order valence-corrected chi connectivity index (χ1v) is 6.09. The maximum Gasteiger partial charge on any atom is 0.150 e. The third kappa shape index (κ3) is 3.52. The van der Waals surface area contributed by atoms with Crippen molar-refractivity contribution in [1.82, 2.24) is 0 Å². The lowest BCUT2D eigenvalue weighted by Crippen LogP contribution is -2.10. The van der Waals surface area contributed by atoms with E-state index in [1.54, 1.807) is 6.07 Å². The minimum Gasteiger partial charge on any atom is -0.380 e. The van der Waals surface area contributed by atoms with E-state index in [1.165, 1.54) is 5.57 Å². The molecule has 0 saturated carbocycles. The van der Waals surface area contributed by atoms with Gasteiger partial charge in [-0.15, -0.1) is 0 Å². The minimum absolute atomic E-state index is 0.0207. The van der Waals surface area contributed by atoms with Gasteiger partial charge in [-0.1, -0.05) is 11.6 Å². The molecule has 0 unspecified atom stereocenters. The number of hydrogen-bond acceptors (Lipinski definition) is 3. The van der Waals surface area contributed by atoms with Crippen molar-refractivity contribution in [2.75, 3.05) is 25.1 Å². The van der Waals surface area contributed by atoms with Gasteiger partial charge in [-0.25, -0.2) is 8.78 Å². The molecule has 19 heavy (non-hydrogen) atoms. The van der Waals surface area contributed by atoms with E-state index in [0.29, 0.717) is 19.8 Å². The van der Waals surface area contributed by atoms with E-state index < -0.39 is 11.6 Å². The van der Waals surface area contributed by atoms with Crippen molar-refractivity contribution in [2.45, 2.75) is 12.8 Å². The van der Waals surface area contributed by atoms with Crippen molar-refractivity contribution in [2.24, 2.45) is 0 Å². The molecule has 1 aliphatic rings. The normalized spacial score (nSPS) is 14.7. The number of hydrogen-bond donors (Lipinski definition) is 1. The molecule has 0 bridgehead atoms. The highest BCUT2D eigenvalue weighted by Crippen LogP contribution is 2.21. The van der Waals surface area contributed by atoms with Gasteiger partial charge in [-0.05, 0) is 25.0 Å². The van der Waals surface area contributed by atoms with Gasteiger partial charge in [0.1, 0.15) is 5.69 Å². The molecule has 1 aromatic rings. The molecule has 0 radical (unpaired) electrons. The predicted octanol–water partition coefficient (Wildman–Crippen LogP) is 2.99. The fraction of sp³-hybridized carbons (Fsp3) is 0.357. The molecule has 5 heteroatoms. The molecule has 1 aliphatic heterocycles. The Morgan fingerprint density at radius 3 is 2.63 bits per heavy atom. The summed E-state index contributed by atoms with van der Waals surface area (Å²) < 4.78 is 32.3. The van der Waals surface area contributed by atoms with Crippen LogP contribution < -0.4 is 5.32 Å². The van der Waals surface area contributed by atoms with Crippen molar-refractivity contribution < 1.29 is 13.5 Å². The predicted molar refractivity (Wildman–Crippen MR) is 67.7 cm³/mol. The van der Waals surface area contributed by atoms with Crippen molar-refractivity contribution in [3.05, 3.63) is 41.0 Å². The van der Waals surface area contributed by atoms with Gasteiger partial charge in [-0.3, -0.25) is 0 Å². The number of halogens is 2. The smallest absolute Gasteiger partial charge is 0.150 e. The van der Waals surface area contributed by atoms with Gasteiger partial charge >= 0.3 is 0 Å². The molecule has 100 valence electrons. The number of nitrogens with one attached hydrogen (secondary N) is 1. The molecule has 0 saturated heterocycles. The molecule has 1 heterocycles. The Bertz CT molecular complexity index is 512. The molecule has 0 fully saturated rings. The van der Waals surface area contributed by atoms with Crippen molar-refractivity contribution in [3.63, 3.8) is 0 Å². The monoisotopic (exact) mass is 264 g/mol. The Labute approximate surface area is 110 Å². The van der Waals surface area contributed by atoms with Crippen LogP contribution in [-0.2, 0) is 4.74 Å². The van der Waals surface area contributed by atoms with Crippen LogP contribution in [0.1, 0.15) is 18.4 Å². The summed E-state index contributed by atoms with van der Waals surface area (Å²) in [6.07, 6.45) is 3.58. The summed E-state index contributed by atoms with van der Waals surface area (Å²) in [5.74, 6) is -1.48. The zero-order valence-electron chi connectivity index (χ0n) is 10.4.